The fraction of sp³-hybridized carbons (Fsp3) is 0.0667. The first-order chi connectivity index (χ1) is 15.7. The largest absolute Gasteiger partial charge is 0.508 e. The van der Waals surface area contributed by atoms with E-state index in [4.69, 9.17) is 0 Å². The zero-order valence-electron chi connectivity index (χ0n) is 17.9. The summed E-state index contributed by atoms with van der Waals surface area (Å²) in [5.74, 6) is 0.674. The van der Waals surface area contributed by atoms with Crippen molar-refractivity contribution in [2.75, 3.05) is 0 Å². The molecule has 0 fully saturated rings. The van der Waals surface area contributed by atoms with Crippen LogP contribution >= 0.6 is 0 Å². The van der Waals surface area contributed by atoms with Gasteiger partial charge in [-0.25, -0.2) is 0 Å². The van der Waals surface area contributed by atoms with E-state index in [1.807, 2.05) is 36.4 Å². The maximum absolute atomic E-state index is 9.85. The summed E-state index contributed by atoms with van der Waals surface area (Å²) in [6, 6.07) is 31.8. The van der Waals surface area contributed by atoms with Crippen LogP contribution in [0.4, 0.5) is 0 Å². The van der Waals surface area contributed by atoms with Crippen LogP contribution in [0.15, 0.2) is 109 Å². The minimum atomic E-state index is 0.337. The van der Waals surface area contributed by atoms with E-state index in [0.29, 0.717) is 24.3 Å². The minimum Gasteiger partial charge on any atom is -0.508 e. The van der Waals surface area contributed by atoms with Gasteiger partial charge in [0.15, 0.2) is 0 Å². The fourth-order valence-corrected chi connectivity index (χ4v) is 3.58. The molecule has 0 aliphatic heterocycles. The molecular formula is C30H26O2. The second-order valence-corrected chi connectivity index (χ2v) is 7.71. The molecule has 158 valence electrons. The Bertz CT molecular complexity index is 1120. The van der Waals surface area contributed by atoms with E-state index in [0.717, 1.165) is 22.3 Å². The number of phenolic OH excluding ortho intramolecular Hbond substituents is 2. The van der Waals surface area contributed by atoms with Crippen LogP contribution in [0.25, 0.3) is 23.3 Å². The number of benzene rings is 4. The monoisotopic (exact) mass is 418 g/mol. The first-order valence-electron chi connectivity index (χ1n) is 10.8. The highest BCUT2D eigenvalue weighted by molar-refractivity contribution is 5.67. The molecule has 0 aromatic heterocycles. The first kappa shape index (κ1) is 21.2. The summed E-state index contributed by atoms with van der Waals surface area (Å²) in [5, 5.41) is 19.7. The predicted octanol–water partition coefficient (Wildman–Crippen LogP) is 7.28. The Kier molecular flexibility index (Phi) is 6.84. The van der Waals surface area contributed by atoms with Crippen molar-refractivity contribution in [3.05, 3.63) is 131 Å². The number of allylic oxidation sites excluding steroid dienone is 2. The van der Waals surface area contributed by atoms with Crippen molar-refractivity contribution in [2.45, 2.75) is 12.8 Å². The molecule has 0 radical (unpaired) electrons. The van der Waals surface area contributed by atoms with Crippen molar-refractivity contribution in [1.82, 2.24) is 0 Å². The van der Waals surface area contributed by atoms with Crippen LogP contribution in [0.3, 0.4) is 0 Å². The number of para-hydroxylation sites is 2. The molecule has 2 heteroatoms. The average Bonchev–Trinajstić information content (AvgIpc) is 2.83. The molecule has 0 heterocycles. The highest BCUT2D eigenvalue weighted by Crippen LogP contribution is 2.22. The molecule has 0 aliphatic rings. The van der Waals surface area contributed by atoms with Gasteiger partial charge in [0, 0.05) is 0 Å². The van der Waals surface area contributed by atoms with Gasteiger partial charge >= 0.3 is 0 Å². The standard InChI is InChI=1S/C30H26O2/c31-29-13-3-1-9-27(29)11-5-7-23-15-19-25(20-16-23)26-21-17-24(18-22-26)8-6-12-28-10-2-4-14-30(28)32/h1-10,13-22,31-32H,11-12H2/b7-5+,8-6+. The zero-order chi connectivity index (χ0) is 22.2. The number of hydrogen-bond acceptors (Lipinski definition) is 2. The Hall–Kier alpha value is -4.04. The van der Waals surface area contributed by atoms with Gasteiger partial charge in [0.1, 0.15) is 11.5 Å². The van der Waals surface area contributed by atoms with Crippen molar-refractivity contribution in [3.63, 3.8) is 0 Å². The number of aromatic hydroxyl groups is 2. The lowest BCUT2D eigenvalue weighted by molar-refractivity contribution is 0.469. The van der Waals surface area contributed by atoms with Crippen LogP contribution in [0.1, 0.15) is 22.3 Å². The van der Waals surface area contributed by atoms with E-state index in [-0.39, 0.29) is 0 Å². The molecular weight excluding hydrogens is 392 g/mol. The van der Waals surface area contributed by atoms with Crippen molar-refractivity contribution in [2.24, 2.45) is 0 Å². The SMILES string of the molecule is Oc1ccccc1C/C=C/c1ccc(-c2ccc(/C=C/Cc3ccccc3O)cc2)cc1. The van der Waals surface area contributed by atoms with Crippen molar-refractivity contribution in [1.29, 1.82) is 0 Å². The third-order valence-electron chi connectivity index (χ3n) is 5.43. The van der Waals surface area contributed by atoms with Crippen LogP contribution in [0.5, 0.6) is 11.5 Å². The summed E-state index contributed by atoms with van der Waals surface area (Å²) in [4.78, 5) is 0. The molecule has 4 rings (SSSR count). The summed E-state index contributed by atoms with van der Waals surface area (Å²) in [6.07, 6.45) is 9.70. The number of phenols is 2. The van der Waals surface area contributed by atoms with Crippen LogP contribution in [-0.2, 0) is 12.8 Å². The Labute approximate surface area is 189 Å². The molecule has 4 aromatic carbocycles. The Morgan fingerprint density at radius 1 is 0.469 bits per heavy atom. The molecule has 32 heavy (non-hydrogen) atoms. The smallest absolute Gasteiger partial charge is 0.119 e. The Morgan fingerprint density at radius 2 is 0.844 bits per heavy atom. The van der Waals surface area contributed by atoms with Crippen LogP contribution < -0.4 is 0 Å². The lowest BCUT2D eigenvalue weighted by atomic mass is 10.0. The van der Waals surface area contributed by atoms with Crippen LogP contribution in [0.2, 0.25) is 0 Å². The van der Waals surface area contributed by atoms with Crippen molar-refractivity contribution < 1.29 is 10.2 Å². The van der Waals surface area contributed by atoms with Gasteiger partial charge in [-0.05, 0) is 58.4 Å². The van der Waals surface area contributed by atoms with Gasteiger partial charge in [-0.2, -0.15) is 0 Å². The van der Waals surface area contributed by atoms with Crippen molar-refractivity contribution in [3.8, 4) is 22.6 Å². The summed E-state index contributed by atoms with van der Waals surface area (Å²) >= 11 is 0. The molecule has 0 atom stereocenters. The van der Waals surface area contributed by atoms with E-state index in [1.54, 1.807) is 12.1 Å². The minimum absolute atomic E-state index is 0.337. The summed E-state index contributed by atoms with van der Waals surface area (Å²) in [5.41, 5.74) is 6.46. The van der Waals surface area contributed by atoms with E-state index in [1.165, 1.54) is 11.1 Å². The molecule has 0 bridgehead atoms. The van der Waals surface area contributed by atoms with Gasteiger partial charge in [-0.15, -0.1) is 0 Å². The fourth-order valence-electron chi connectivity index (χ4n) is 3.58. The summed E-state index contributed by atoms with van der Waals surface area (Å²) < 4.78 is 0. The molecule has 2 nitrogen and oxygen atoms in total. The van der Waals surface area contributed by atoms with Gasteiger partial charge in [-0.3, -0.25) is 0 Å². The van der Waals surface area contributed by atoms with Crippen LogP contribution in [-0.4, -0.2) is 10.2 Å². The van der Waals surface area contributed by atoms with Gasteiger partial charge in [0.25, 0.3) is 0 Å². The number of hydrogen-bond donors (Lipinski definition) is 2. The molecule has 0 aliphatic carbocycles. The first-order valence-corrected chi connectivity index (χ1v) is 10.8. The van der Waals surface area contributed by atoms with Gasteiger partial charge in [-0.1, -0.05) is 109 Å². The quantitative estimate of drug-likeness (QED) is 0.331. The highest BCUT2D eigenvalue weighted by Gasteiger charge is 2.00. The molecule has 2 N–H and O–H groups in total. The van der Waals surface area contributed by atoms with Gasteiger partial charge < -0.3 is 10.2 Å². The normalized spacial score (nSPS) is 11.4. The molecule has 0 saturated heterocycles. The summed E-state index contributed by atoms with van der Waals surface area (Å²) in [7, 11) is 0. The second-order valence-electron chi connectivity index (χ2n) is 7.71. The van der Waals surface area contributed by atoms with E-state index < -0.39 is 0 Å². The molecule has 0 spiro atoms. The van der Waals surface area contributed by atoms with E-state index in [9.17, 15) is 10.2 Å². The lowest BCUT2D eigenvalue weighted by Crippen LogP contribution is -1.83. The lowest BCUT2D eigenvalue weighted by Gasteiger charge is -2.04. The molecule has 0 unspecified atom stereocenters. The topological polar surface area (TPSA) is 40.5 Å². The highest BCUT2D eigenvalue weighted by atomic mass is 16.3. The Balaban J connectivity index is 1.35. The van der Waals surface area contributed by atoms with Crippen LogP contribution in [0, 0.1) is 0 Å². The third kappa shape index (κ3) is 5.55. The zero-order valence-corrected chi connectivity index (χ0v) is 17.9. The van der Waals surface area contributed by atoms with E-state index in [2.05, 4.69) is 72.8 Å². The predicted molar refractivity (Wildman–Crippen MR) is 134 cm³/mol. The maximum Gasteiger partial charge on any atom is 0.119 e. The second kappa shape index (κ2) is 10.3. The maximum atomic E-state index is 9.85. The third-order valence-corrected chi connectivity index (χ3v) is 5.43. The Morgan fingerprint density at radius 3 is 1.22 bits per heavy atom. The average molecular weight is 419 g/mol. The molecule has 0 amide bonds. The molecule has 4 aromatic rings. The van der Waals surface area contributed by atoms with E-state index >= 15 is 0 Å². The summed E-state index contributed by atoms with van der Waals surface area (Å²) in [6.45, 7) is 0. The van der Waals surface area contributed by atoms with Crippen molar-refractivity contribution >= 4 is 12.2 Å². The van der Waals surface area contributed by atoms with Gasteiger partial charge in [0.05, 0.1) is 0 Å². The molecule has 0 saturated carbocycles. The van der Waals surface area contributed by atoms with Gasteiger partial charge in [0.2, 0.25) is 0 Å². The number of rotatable bonds is 7.